The Balaban J connectivity index is 1.75. The molecule has 3 aliphatic heterocycles. The van der Waals surface area contributed by atoms with Crippen molar-refractivity contribution in [1.82, 2.24) is 9.80 Å². The van der Waals surface area contributed by atoms with Crippen LogP contribution >= 0.6 is 0 Å². The molecule has 1 spiro atoms. The molecule has 4 rings (SSSR count). The SMILES string of the molecule is C=CCN(Cc1ccccc1)C(=O)C1N(CCO)C(=O)[C@@H]2[C@H](C(=O)OCC)[C@]3(CC)CCC12O3. The monoisotopic (exact) mass is 470 g/mol. The maximum absolute atomic E-state index is 14.1. The molecule has 0 saturated carbocycles. The lowest BCUT2D eigenvalue weighted by Crippen LogP contribution is -2.56. The topological polar surface area (TPSA) is 96.4 Å². The standard InChI is InChI=1S/C26H34N2O6/c1-4-14-27(17-18-10-8-7-9-11-18)23(31)21-26-13-12-25(5-2,34-26)20(24(32)33-6-3)19(26)22(30)28(21)15-16-29/h4,7-11,19-21,29H,1,5-6,12-17H2,2-3H3/t19-,20+,21?,25-,26?/m0/s1. The molecule has 2 amide bonds. The fourth-order valence-electron chi connectivity index (χ4n) is 6.30. The van der Waals surface area contributed by atoms with Crippen molar-refractivity contribution in [2.75, 3.05) is 26.3 Å². The Hall–Kier alpha value is -2.71. The number of fused-ring (bicyclic) bond motifs is 1. The molecule has 0 aliphatic carbocycles. The lowest BCUT2D eigenvalue weighted by Gasteiger charge is -2.36. The Labute approximate surface area is 200 Å². The van der Waals surface area contributed by atoms with Crippen LogP contribution in [0.2, 0.25) is 0 Å². The van der Waals surface area contributed by atoms with Crippen molar-refractivity contribution in [1.29, 1.82) is 0 Å². The molecule has 2 bridgehead atoms. The number of aliphatic hydroxyl groups excluding tert-OH is 1. The van der Waals surface area contributed by atoms with Gasteiger partial charge in [0, 0.05) is 19.6 Å². The fraction of sp³-hybridized carbons (Fsp3) is 0.577. The molecule has 0 radical (unpaired) electrons. The van der Waals surface area contributed by atoms with Crippen molar-refractivity contribution in [2.24, 2.45) is 11.8 Å². The first-order valence-corrected chi connectivity index (χ1v) is 12.1. The third-order valence-corrected chi connectivity index (χ3v) is 7.67. The van der Waals surface area contributed by atoms with E-state index in [-0.39, 0.29) is 31.6 Å². The second kappa shape index (κ2) is 9.50. The van der Waals surface area contributed by atoms with Crippen LogP contribution in [-0.2, 0) is 30.4 Å². The van der Waals surface area contributed by atoms with Gasteiger partial charge in [0.15, 0.2) is 0 Å². The normalized spacial score (nSPS) is 31.4. The highest BCUT2D eigenvalue weighted by molar-refractivity contribution is 5.98. The molecule has 3 fully saturated rings. The van der Waals surface area contributed by atoms with Gasteiger partial charge in [-0.05, 0) is 31.7 Å². The van der Waals surface area contributed by atoms with Gasteiger partial charge in [0.25, 0.3) is 0 Å². The van der Waals surface area contributed by atoms with E-state index in [0.29, 0.717) is 32.4 Å². The van der Waals surface area contributed by atoms with Crippen LogP contribution in [0.25, 0.3) is 0 Å². The van der Waals surface area contributed by atoms with E-state index >= 15 is 0 Å². The first-order chi connectivity index (χ1) is 16.4. The van der Waals surface area contributed by atoms with E-state index < -0.39 is 35.0 Å². The summed E-state index contributed by atoms with van der Waals surface area (Å²) in [5.74, 6) is -2.60. The number of rotatable bonds is 10. The van der Waals surface area contributed by atoms with Crippen molar-refractivity contribution < 1.29 is 29.0 Å². The summed E-state index contributed by atoms with van der Waals surface area (Å²) in [5.41, 5.74) is -0.984. The molecule has 3 aliphatic rings. The van der Waals surface area contributed by atoms with Crippen molar-refractivity contribution in [2.45, 2.75) is 56.9 Å². The quantitative estimate of drug-likeness (QED) is 0.415. The van der Waals surface area contributed by atoms with Gasteiger partial charge in [0.2, 0.25) is 11.8 Å². The molecule has 34 heavy (non-hydrogen) atoms. The van der Waals surface area contributed by atoms with Gasteiger partial charge >= 0.3 is 5.97 Å². The number of aliphatic hydroxyl groups is 1. The minimum Gasteiger partial charge on any atom is -0.466 e. The zero-order chi connectivity index (χ0) is 24.5. The Morgan fingerprint density at radius 1 is 1.29 bits per heavy atom. The molecule has 2 unspecified atom stereocenters. The smallest absolute Gasteiger partial charge is 0.312 e. The van der Waals surface area contributed by atoms with Gasteiger partial charge in [-0.25, -0.2) is 0 Å². The van der Waals surface area contributed by atoms with E-state index in [2.05, 4.69) is 6.58 Å². The van der Waals surface area contributed by atoms with E-state index in [1.807, 2.05) is 37.3 Å². The van der Waals surface area contributed by atoms with Crippen molar-refractivity contribution in [3.05, 3.63) is 48.6 Å². The van der Waals surface area contributed by atoms with Crippen LogP contribution in [0, 0.1) is 11.8 Å². The number of carbonyl (C=O) groups excluding carboxylic acids is 3. The minimum atomic E-state index is -1.12. The van der Waals surface area contributed by atoms with Gasteiger partial charge in [-0.15, -0.1) is 6.58 Å². The van der Waals surface area contributed by atoms with E-state index in [0.717, 1.165) is 5.56 Å². The molecule has 3 heterocycles. The maximum Gasteiger partial charge on any atom is 0.312 e. The van der Waals surface area contributed by atoms with E-state index in [9.17, 15) is 19.5 Å². The van der Waals surface area contributed by atoms with Crippen molar-refractivity contribution in [3.8, 4) is 0 Å². The zero-order valence-corrected chi connectivity index (χ0v) is 19.9. The molecule has 8 heteroatoms. The molecule has 184 valence electrons. The second-order valence-corrected chi connectivity index (χ2v) is 9.33. The number of benzene rings is 1. The van der Waals surface area contributed by atoms with Gasteiger partial charge in [0.1, 0.15) is 17.6 Å². The predicted octanol–water partition coefficient (Wildman–Crippen LogP) is 1.91. The number of likely N-dealkylation sites (tertiary alicyclic amines) is 1. The van der Waals surface area contributed by atoms with Crippen LogP contribution < -0.4 is 0 Å². The number of carbonyl (C=O) groups is 3. The molecular formula is C26H34N2O6. The third-order valence-electron chi connectivity index (χ3n) is 7.67. The summed E-state index contributed by atoms with van der Waals surface area (Å²) in [6.45, 7) is 8.05. The first-order valence-electron chi connectivity index (χ1n) is 12.1. The van der Waals surface area contributed by atoms with Crippen molar-refractivity contribution >= 4 is 17.8 Å². The number of esters is 1. The summed E-state index contributed by atoms with van der Waals surface area (Å²) in [6, 6.07) is 8.69. The van der Waals surface area contributed by atoms with Crippen LogP contribution in [0.4, 0.5) is 0 Å². The highest BCUT2D eigenvalue weighted by atomic mass is 16.6. The third kappa shape index (κ3) is 3.64. The van der Waals surface area contributed by atoms with Crippen LogP contribution in [-0.4, -0.2) is 76.2 Å². The molecule has 8 nitrogen and oxygen atoms in total. The summed E-state index contributed by atoms with van der Waals surface area (Å²) in [6.07, 6.45) is 3.28. The van der Waals surface area contributed by atoms with E-state index in [1.165, 1.54) is 4.90 Å². The molecule has 0 aromatic heterocycles. The predicted molar refractivity (Wildman–Crippen MR) is 124 cm³/mol. The molecule has 1 N–H and O–H groups in total. The molecular weight excluding hydrogens is 436 g/mol. The molecule has 5 atom stereocenters. The summed E-state index contributed by atoms with van der Waals surface area (Å²) in [5, 5.41) is 9.74. The van der Waals surface area contributed by atoms with Crippen LogP contribution in [0.1, 0.15) is 38.7 Å². The van der Waals surface area contributed by atoms with E-state index in [4.69, 9.17) is 9.47 Å². The zero-order valence-electron chi connectivity index (χ0n) is 19.9. The molecule has 1 aromatic carbocycles. The van der Waals surface area contributed by atoms with Gasteiger partial charge in [-0.1, -0.05) is 43.3 Å². The highest BCUT2D eigenvalue weighted by Crippen LogP contribution is 2.64. The number of amides is 2. The molecule has 3 saturated heterocycles. The molecule has 1 aromatic rings. The second-order valence-electron chi connectivity index (χ2n) is 9.33. The highest BCUT2D eigenvalue weighted by Gasteiger charge is 2.79. The van der Waals surface area contributed by atoms with Gasteiger partial charge in [-0.2, -0.15) is 0 Å². The Morgan fingerprint density at radius 3 is 2.65 bits per heavy atom. The number of β-amino-alcohol motifs (C(OH)–C–C–N with tert-alkyl or cyclic N) is 1. The van der Waals surface area contributed by atoms with Crippen LogP contribution in [0.3, 0.4) is 0 Å². The number of hydrogen-bond donors (Lipinski definition) is 1. The first kappa shape index (κ1) is 24.4. The largest absolute Gasteiger partial charge is 0.466 e. The van der Waals surface area contributed by atoms with Gasteiger partial charge in [-0.3, -0.25) is 14.4 Å². The number of hydrogen-bond acceptors (Lipinski definition) is 6. The number of ether oxygens (including phenoxy) is 2. The van der Waals surface area contributed by atoms with Gasteiger partial charge in [0.05, 0.1) is 24.7 Å². The number of nitrogens with zero attached hydrogens (tertiary/aromatic N) is 2. The Kier molecular flexibility index (Phi) is 6.82. The summed E-state index contributed by atoms with van der Waals surface area (Å²) < 4.78 is 12.0. The fourth-order valence-corrected chi connectivity index (χ4v) is 6.30. The minimum absolute atomic E-state index is 0.00120. The average Bonchev–Trinajstić information content (AvgIpc) is 3.43. The maximum atomic E-state index is 14.1. The van der Waals surface area contributed by atoms with Gasteiger partial charge < -0.3 is 24.4 Å². The average molecular weight is 471 g/mol. The van der Waals surface area contributed by atoms with Crippen LogP contribution in [0.5, 0.6) is 0 Å². The Morgan fingerprint density at radius 2 is 2.03 bits per heavy atom. The van der Waals surface area contributed by atoms with Crippen LogP contribution in [0.15, 0.2) is 43.0 Å². The summed E-state index contributed by atoms with van der Waals surface area (Å²) in [4.78, 5) is 44.0. The van der Waals surface area contributed by atoms with Crippen molar-refractivity contribution in [3.63, 3.8) is 0 Å². The lowest BCUT2D eigenvalue weighted by molar-refractivity contribution is -0.161. The summed E-state index contributed by atoms with van der Waals surface area (Å²) in [7, 11) is 0. The summed E-state index contributed by atoms with van der Waals surface area (Å²) >= 11 is 0. The van der Waals surface area contributed by atoms with E-state index in [1.54, 1.807) is 17.9 Å². The lowest BCUT2D eigenvalue weighted by atomic mass is 9.65. The Bertz CT molecular complexity index is 952.